The van der Waals surface area contributed by atoms with Gasteiger partial charge in [-0.2, -0.15) is 5.10 Å². The molecule has 1 unspecified atom stereocenters. The van der Waals surface area contributed by atoms with Crippen LogP contribution in [0.15, 0.2) is 47.6 Å². The van der Waals surface area contributed by atoms with Crippen molar-refractivity contribution in [3.8, 4) is 0 Å². The summed E-state index contributed by atoms with van der Waals surface area (Å²) in [5.41, 5.74) is 2.65. The molecule has 1 aliphatic heterocycles. The zero-order chi connectivity index (χ0) is 12.4. The topological polar surface area (TPSA) is 32.7 Å². The Bertz CT molecular complexity index is 476. The van der Waals surface area contributed by atoms with Crippen molar-refractivity contribution in [1.82, 2.24) is 0 Å². The number of hydrogen-bond acceptors (Lipinski definition) is 3. The SMILES string of the molecule is C=C(C)C1CC(C(C)=O)=NN1c1ccccc1. The van der Waals surface area contributed by atoms with Crippen molar-refractivity contribution in [2.75, 3.05) is 5.01 Å². The number of carbonyl (C=O) groups is 1. The molecule has 3 nitrogen and oxygen atoms in total. The molecule has 0 N–H and O–H groups in total. The third-order valence-electron chi connectivity index (χ3n) is 2.91. The van der Waals surface area contributed by atoms with Gasteiger partial charge in [0.05, 0.1) is 11.7 Å². The fraction of sp³-hybridized carbons (Fsp3) is 0.286. The molecule has 0 aliphatic carbocycles. The quantitative estimate of drug-likeness (QED) is 0.745. The number of ketones is 1. The zero-order valence-electron chi connectivity index (χ0n) is 10.2. The van der Waals surface area contributed by atoms with E-state index in [9.17, 15) is 4.79 Å². The summed E-state index contributed by atoms with van der Waals surface area (Å²) in [6.07, 6.45) is 0.652. The van der Waals surface area contributed by atoms with Crippen LogP contribution >= 0.6 is 0 Å². The second-order valence-corrected chi connectivity index (χ2v) is 4.35. The summed E-state index contributed by atoms with van der Waals surface area (Å²) >= 11 is 0. The first-order valence-corrected chi connectivity index (χ1v) is 5.67. The van der Waals surface area contributed by atoms with E-state index >= 15 is 0 Å². The average molecular weight is 228 g/mol. The van der Waals surface area contributed by atoms with Gasteiger partial charge in [-0.1, -0.05) is 30.4 Å². The summed E-state index contributed by atoms with van der Waals surface area (Å²) in [6, 6.07) is 9.96. The van der Waals surface area contributed by atoms with Crippen molar-refractivity contribution < 1.29 is 4.79 Å². The van der Waals surface area contributed by atoms with Crippen molar-refractivity contribution in [3.05, 3.63) is 42.5 Å². The first-order chi connectivity index (χ1) is 8.09. The van der Waals surface area contributed by atoms with Crippen molar-refractivity contribution in [2.45, 2.75) is 26.3 Å². The number of rotatable bonds is 3. The van der Waals surface area contributed by atoms with Gasteiger partial charge >= 0.3 is 0 Å². The van der Waals surface area contributed by atoms with Gasteiger partial charge in [-0.15, -0.1) is 0 Å². The molecule has 0 saturated heterocycles. The molecule has 2 rings (SSSR count). The Balaban J connectivity index is 2.35. The smallest absolute Gasteiger partial charge is 0.175 e. The summed E-state index contributed by atoms with van der Waals surface area (Å²) in [6.45, 7) is 7.51. The van der Waals surface area contributed by atoms with Crippen LogP contribution in [-0.2, 0) is 4.79 Å². The standard InChI is InChI=1S/C14H16N2O/c1-10(2)14-9-13(11(3)17)15-16(14)12-7-5-4-6-8-12/h4-8,14H,1,9H2,2-3H3. The van der Waals surface area contributed by atoms with Crippen LogP contribution in [0.4, 0.5) is 5.69 Å². The fourth-order valence-electron chi connectivity index (χ4n) is 1.93. The van der Waals surface area contributed by atoms with Crippen molar-refractivity contribution in [1.29, 1.82) is 0 Å². The van der Waals surface area contributed by atoms with Crippen LogP contribution < -0.4 is 5.01 Å². The van der Waals surface area contributed by atoms with E-state index in [1.54, 1.807) is 6.92 Å². The summed E-state index contributed by atoms with van der Waals surface area (Å²) in [4.78, 5) is 11.4. The van der Waals surface area contributed by atoms with Gasteiger partial charge < -0.3 is 0 Å². The van der Waals surface area contributed by atoms with E-state index in [1.807, 2.05) is 42.3 Å². The van der Waals surface area contributed by atoms with Gasteiger partial charge in [-0.25, -0.2) is 0 Å². The van der Waals surface area contributed by atoms with E-state index in [-0.39, 0.29) is 11.8 Å². The maximum atomic E-state index is 11.4. The summed E-state index contributed by atoms with van der Waals surface area (Å²) in [5.74, 6) is 0.0367. The highest BCUT2D eigenvalue weighted by molar-refractivity contribution is 6.39. The minimum Gasteiger partial charge on any atom is -0.293 e. The van der Waals surface area contributed by atoms with Crippen LogP contribution in [0.5, 0.6) is 0 Å². The first kappa shape index (κ1) is 11.6. The van der Waals surface area contributed by atoms with Crippen LogP contribution in [0.3, 0.4) is 0 Å². The second kappa shape index (κ2) is 4.53. The molecular weight excluding hydrogens is 212 g/mol. The van der Waals surface area contributed by atoms with E-state index in [4.69, 9.17) is 0 Å². The third-order valence-corrected chi connectivity index (χ3v) is 2.91. The lowest BCUT2D eigenvalue weighted by Crippen LogP contribution is -2.27. The highest BCUT2D eigenvalue weighted by Gasteiger charge is 2.29. The Kier molecular flexibility index (Phi) is 3.09. The second-order valence-electron chi connectivity index (χ2n) is 4.35. The van der Waals surface area contributed by atoms with E-state index < -0.39 is 0 Å². The van der Waals surface area contributed by atoms with Gasteiger partial charge in [-0.05, 0) is 19.1 Å². The molecule has 88 valence electrons. The normalized spacial score (nSPS) is 19.1. The third kappa shape index (κ3) is 2.28. The Labute approximate surface area is 101 Å². The van der Waals surface area contributed by atoms with Gasteiger partial charge in [0, 0.05) is 13.3 Å². The molecule has 1 atom stereocenters. The number of nitrogens with zero attached hydrogens (tertiary/aromatic N) is 2. The predicted molar refractivity (Wildman–Crippen MR) is 70.3 cm³/mol. The van der Waals surface area contributed by atoms with Crippen LogP contribution in [0.1, 0.15) is 20.3 Å². The Hall–Kier alpha value is -1.90. The molecule has 0 saturated carbocycles. The first-order valence-electron chi connectivity index (χ1n) is 5.67. The molecule has 0 spiro atoms. The maximum Gasteiger partial charge on any atom is 0.175 e. The lowest BCUT2D eigenvalue weighted by Gasteiger charge is -2.23. The number of anilines is 1. The monoisotopic (exact) mass is 228 g/mol. The van der Waals surface area contributed by atoms with Crippen LogP contribution in [0.2, 0.25) is 0 Å². The molecule has 0 radical (unpaired) electrons. The zero-order valence-corrected chi connectivity index (χ0v) is 10.2. The average Bonchev–Trinajstić information content (AvgIpc) is 2.75. The highest BCUT2D eigenvalue weighted by Crippen LogP contribution is 2.27. The molecule has 1 aliphatic rings. The molecule has 3 heteroatoms. The lowest BCUT2D eigenvalue weighted by molar-refractivity contribution is -0.111. The Morgan fingerprint density at radius 2 is 2.00 bits per heavy atom. The van der Waals surface area contributed by atoms with E-state index in [1.165, 1.54) is 0 Å². The Morgan fingerprint density at radius 1 is 1.35 bits per heavy atom. The largest absolute Gasteiger partial charge is 0.293 e. The molecule has 0 fully saturated rings. The van der Waals surface area contributed by atoms with Gasteiger partial charge in [0.2, 0.25) is 0 Å². The van der Waals surface area contributed by atoms with Crippen LogP contribution in [-0.4, -0.2) is 17.5 Å². The number of benzene rings is 1. The molecule has 17 heavy (non-hydrogen) atoms. The number of hydrogen-bond donors (Lipinski definition) is 0. The van der Waals surface area contributed by atoms with Crippen LogP contribution in [0, 0.1) is 0 Å². The van der Waals surface area contributed by atoms with E-state index in [0.29, 0.717) is 12.1 Å². The van der Waals surface area contributed by atoms with Crippen molar-refractivity contribution in [2.24, 2.45) is 5.10 Å². The maximum absolute atomic E-state index is 11.4. The number of hydrazone groups is 1. The molecule has 1 aromatic rings. The molecule has 1 heterocycles. The molecule has 1 aromatic carbocycles. The van der Waals surface area contributed by atoms with Gasteiger partial charge in [0.25, 0.3) is 0 Å². The van der Waals surface area contributed by atoms with Crippen LogP contribution in [0.25, 0.3) is 0 Å². The molecule has 0 bridgehead atoms. The number of carbonyl (C=O) groups excluding carboxylic acids is 1. The number of para-hydroxylation sites is 1. The molecule has 0 amide bonds. The molecular formula is C14H16N2O. The molecule has 0 aromatic heterocycles. The minimum absolute atomic E-state index is 0.0367. The Morgan fingerprint density at radius 3 is 2.53 bits per heavy atom. The summed E-state index contributed by atoms with van der Waals surface area (Å²) < 4.78 is 0. The summed E-state index contributed by atoms with van der Waals surface area (Å²) in [7, 11) is 0. The number of Topliss-reactive ketones (excluding diaryl/α,β-unsaturated/α-hetero) is 1. The predicted octanol–water partition coefficient (Wildman–Crippen LogP) is 2.79. The highest BCUT2D eigenvalue weighted by atomic mass is 16.1. The van der Waals surface area contributed by atoms with Crippen molar-refractivity contribution in [3.63, 3.8) is 0 Å². The van der Waals surface area contributed by atoms with E-state index in [2.05, 4.69) is 11.7 Å². The summed E-state index contributed by atoms with van der Waals surface area (Å²) in [5, 5.41) is 6.29. The fourth-order valence-corrected chi connectivity index (χ4v) is 1.93. The minimum atomic E-state index is 0.0367. The van der Waals surface area contributed by atoms with E-state index in [0.717, 1.165) is 11.3 Å². The lowest BCUT2D eigenvalue weighted by atomic mass is 10.0. The van der Waals surface area contributed by atoms with Gasteiger partial charge in [0.1, 0.15) is 5.71 Å². The van der Waals surface area contributed by atoms with Gasteiger partial charge in [-0.3, -0.25) is 9.80 Å². The van der Waals surface area contributed by atoms with Crippen molar-refractivity contribution >= 4 is 17.2 Å². The van der Waals surface area contributed by atoms with Gasteiger partial charge in [0.15, 0.2) is 5.78 Å².